The molecular formula is C20H23N3O5S2. The van der Waals surface area contributed by atoms with E-state index in [2.05, 4.69) is 10.3 Å². The van der Waals surface area contributed by atoms with Gasteiger partial charge in [0.25, 0.3) is 0 Å². The number of rotatable bonds is 4. The Hall–Kier alpha value is -2.17. The van der Waals surface area contributed by atoms with E-state index in [1.807, 2.05) is 0 Å². The molecule has 160 valence electrons. The zero-order chi connectivity index (χ0) is 20.7. The van der Waals surface area contributed by atoms with Crippen LogP contribution in [0, 0.1) is 5.92 Å². The molecule has 1 aliphatic carbocycles. The summed E-state index contributed by atoms with van der Waals surface area (Å²) in [6, 6.07) is 3.76. The molecule has 2 fully saturated rings. The van der Waals surface area contributed by atoms with Crippen LogP contribution in [0.15, 0.2) is 34.7 Å². The predicted molar refractivity (Wildman–Crippen MR) is 111 cm³/mol. The SMILES string of the molecule is O=C(Nc1nccs1)[C@@H]1C[C@H]2CCCC[C@H]2N1S(=O)(=O)c1ccc2c(c1)OCCO2. The summed E-state index contributed by atoms with van der Waals surface area (Å²) in [7, 11) is -3.90. The molecule has 0 spiro atoms. The number of amides is 1. The summed E-state index contributed by atoms with van der Waals surface area (Å²) < 4.78 is 40.0. The van der Waals surface area contributed by atoms with Crippen LogP contribution in [0.25, 0.3) is 0 Å². The number of hydrogen-bond acceptors (Lipinski definition) is 7. The Morgan fingerprint density at radius 3 is 2.77 bits per heavy atom. The van der Waals surface area contributed by atoms with Crippen LogP contribution in [0.1, 0.15) is 32.1 Å². The fourth-order valence-corrected chi connectivity index (χ4v) is 7.19. The first-order valence-corrected chi connectivity index (χ1v) is 12.5. The number of aromatic nitrogens is 1. The standard InChI is InChI=1S/C20H23N3O5S2/c24-19(22-20-21-7-10-29-20)16-11-13-3-1-2-4-15(13)23(16)30(25,26)14-5-6-17-18(12-14)28-9-8-27-17/h5-7,10,12-13,15-16H,1-4,8-9,11H2,(H,21,22,24)/t13-,15-,16+/m1/s1. The first-order chi connectivity index (χ1) is 14.5. The summed E-state index contributed by atoms with van der Waals surface area (Å²) in [4.78, 5) is 17.3. The van der Waals surface area contributed by atoms with Gasteiger partial charge in [0.2, 0.25) is 15.9 Å². The minimum Gasteiger partial charge on any atom is -0.486 e. The second-order valence-corrected chi connectivity index (χ2v) is 10.6. The number of anilines is 1. The largest absolute Gasteiger partial charge is 0.486 e. The third kappa shape index (κ3) is 3.46. The monoisotopic (exact) mass is 449 g/mol. The van der Waals surface area contributed by atoms with Crippen molar-refractivity contribution in [2.45, 2.75) is 49.1 Å². The molecule has 3 heterocycles. The lowest BCUT2D eigenvalue weighted by atomic mass is 9.85. The summed E-state index contributed by atoms with van der Waals surface area (Å²) >= 11 is 1.31. The van der Waals surface area contributed by atoms with E-state index in [-0.39, 0.29) is 22.8 Å². The van der Waals surface area contributed by atoms with Crippen LogP contribution < -0.4 is 14.8 Å². The van der Waals surface area contributed by atoms with E-state index < -0.39 is 16.1 Å². The molecule has 1 saturated carbocycles. The van der Waals surface area contributed by atoms with E-state index in [9.17, 15) is 13.2 Å². The maximum Gasteiger partial charge on any atom is 0.244 e. The van der Waals surface area contributed by atoms with Gasteiger partial charge in [0, 0.05) is 23.7 Å². The predicted octanol–water partition coefficient (Wildman–Crippen LogP) is 2.87. The molecule has 3 aliphatic rings. The van der Waals surface area contributed by atoms with Crippen molar-refractivity contribution >= 4 is 32.4 Å². The maximum absolute atomic E-state index is 13.7. The third-order valence-electron chi connectivity index (χ3n) is 6.08. The van der Waals surface area contributed by atoms with Crippen molar-refractivity contribution in [3.8, 4) is 11.5 Å². The van der Waals surface area contributed by atoms with Gasteiger partial charge in [-0.25, -0.2) is 13.4 Å². The molecule has 8 nitrogen and oxygen atoms in total. The summed E-state index contributed by atoms with van der Waals surface area (Å²) in [6.45, 7) is 0.817. The van der Waals surface area contributed by atoms with Crippen molar-refractivity contribution in [1.82, 2.24) is 9.29 Å². The number of ether oxygens (including phenoxy) is 2. The molecule has 0 radical (unpaired) electrons. The molecule has 2 aromatic rings. The van der Waals surface area contributed by atoms with E-state index in [0.29, 0.717) is 36.3 Å². The number of thiazole rings is 1. The lowest BCUT2D eigenvalue weighted by Gasteiger charge is -2.32. The summed E-state index contributed by atoms with van der Waals surface area (Å²) in [5, 5.41) is 5.04. The zero-order valence-electron chi connectivity index (χ0n) is 16.3. The molecule has 10 heteroatoms. The van der Waals surface area contributed by atoms with E-state index in [1.54, 1.807) is 17.6 Å². The molecule has 1 aromatic heterocycles. The fraction of sp³-hybridized carbons (Fsp3) is 0.500. The Balaban J connectivity index is 1.50. The Morgan fingerprint density at radius 1 is 1.17 bits per heavy atom. The van der Waals surface area contributed by atoms with Crippen molar-refractivity contribution in [1.29, 1.82) is 0 Å². The van der Waals surface area contributed by atoms with Crippen molar-refractivity contribution in [3.63, 3.8) is 0 Å². The molecule has 3 atom stereocenters. The Bertz CT molecular complexity index is 1040. The normalized spacial score (nSPS) is 26.2. The highest BCUT2D eigenvalue weighted by Crippen LogP contribution is 2.44. The van der Waals surface area contributed by atoms with Crippen molar-refractivity contribution < 1.29 is 22.7 Å². The number of benzene rings is 1. The van der Waals surface area contributed by atoms with Crippen LogP contribution in [-0.2, 0) is 14.8 Å². The Labute approximate surface area is 179 Å². The first-order valence-electron chi connectivity index (χ1n) is 10.2. The smallest absolute Gasteiger partial charge is 0.244 e. The van der Waals surface area contributed by atoms with Crippen LogP contribution in [0.3, 0.4) is 0 Å². The summed E-state index contributed by atoms with van der Waals surface area (Å²) in [6.07, 6.45) is 5.90. The molecule has 5 rings (SSSR count). The highest BCUT2D eigenvalue weighted by atomic mass is 32.2. The van der Waals surface area contributed by atoms with Gasteiger partial charge in [-0.05, 0) is 37.3 Å². The minimum absolute atomic E-state index is 0.130. The van der Waals surface area contributed by atoms with Crippen molar-refractivity contribution in [3.05, 3.63) is 29.8 Å². The Morgan fingerprint density at radius 2 is 1.97 bits per heavy atom. The van der Waals surface area contributed by atoms with Gasteiger partial charge in [0.15, 0.2) is 16.6 Å². The van der Waals surface area contributed by atoms with E-state index in [0.717, 1.165) is 25.7 Å². The van der Waals surface area contributed by atoms with Gasteiger partial charge in [-0.3, -0.25) is 4.79 Å². The molecule has 1 aromatic carbocycles. The van der Waals surface area contributed by atoms with Gasteiger partial charge in [-0.15, -0.1) is 11.3 Å². The van der Waals surface area contributed by atoms with E-state index in [1.165, 1.54) is 27.8 Å². The molecule has 30 heavy (non-hydrogen) atoms. The number of nitrogens with one attached hydrogen (secondary N) is 1. The quantitative estimate of drug-likeness (QED) is 0.771. The Kier molecular flexibility index (Phi) is 5.16. The summed E-state index contributed by atoms with van der Waals surface area (Å²) in [5.74, 6) is 0.832. The molecule has 2 aliphatic heterocycles. The van der Waals surface area contributed by atoms with Gasteiger partial charge < -0.3 is 14.8 Å². The van der Waals surface area contributed by atoms with Gasteiger partial charge in [0.05, 0.1) is 4.90 Å². The lowest BCUT2D eigenvalue weighted by Crippen LogP contribution is -2.47. The number of carbonyl (C=O) groups is 1. The van der Waals surface area contributed by atoms with Crippen LogP contribution >= 0.6 is 11.3 Å². The average molecular weight is 450 g/mol. The third-order valence-corrected chi connectivity index (χ3v) is 8.70. The second kappa shape index (κ2) is 7.82. The lowest BCUT2D eigenvalue weighted by molar-refractivity contribution is -0.119. The molecular weight excluding hydrogens is 426 g/mol. The van der Waals surface area contributed by atoms with Gasteiger partial charge in [-0.1, -0.05) is 12.8 Å². The molecule has 0 unspecified atom stereocenters. The van der Waals surface area contributed by atoms with Gasteiger partial charge in [-0.2, -0.15) is 4.31 Å². The zero-order valence-corrected chi connectivity index (χ0v) is 18.0. The highest BCUT2D eigenvalue weighted by molar-refractivity contribution is 7.89. The number of nitrogens with zero attached hydrogens (tertiary/aromatic N) is 2. The van der Waals surface area contributed by atoms with E-state index >= 15 is 0 Å². The average Bonchev–Trinajstić information content (AvgIpc) is 3.41. The fourth-order valence-electron chi connectivity index (χ4n) is 4.77. The van der Waals surface area contributed by atoms with Gasteiger partial charge >= 0.3 is 0 Å². The molecule has 1 saturated heterocycles. The number of fused-ring (bicyclic) bond motifs is 2. The molecule has 1 amide bonds. The second-order valence-electron chi connectivity index (χ2n) is 7.83. The summed E-state index contributed by atoms with van der Waals surface area (Å²) in [5.41, 5.74) is 0. The van der Waals surface area contributed by atoms with Crippen molar-refractivity contribution in [2.75, 3.05) is 18.5 Å². The van der Waals surface area contributed by atoms with E-state index in [4.69, 9.17) is 9.47 Å². The number of carbonyl (C=O) groups excluding carboxylic acids is 1. The molecule has 1 N–H and O–H groups in total. The topological polar surface area (TPSA) is 97.8 Å². The van der Waals surface area contributed by atoms with Gasteiger partial charge in [0.1, 0.15) is 19.3 Å². The number of hydrogen-bond donors (Lipinski definition) is 1. The van der Waals surface area contributed by atoms with Crippen LogP contribution in [0.2, 0.25) is 0 Å². The number of sulfonamides is 1. The van der Waals surface area contributed by atoms with Crippen molar-refractivity contribution in [2.24, 2.45) is 5.92 Å². The molecule has 0 bridgehead atoms. The van der Waals surface area contributed by atoms with Crippen LogP contribution in [0.5, 0.6) is 11.5 Å². The first kappa shape index (κ1) is 19.8. The van der Waals surface area contributed by atoms with Crippen LogP contribution in [0.4, 0.5) is 5.13 Å². The minimum atomic E-state index is -3.90. The maximum atomic E-state index is 13.7. The highest BCUT2D eigenvalue weighted by Gasteiger charge is 2.51. The van der Waals surface area contributed by atoms with Crippen LogP contribution in [-0.4, -0.2) is 48.9 Å².